The summed E-state index contributed by atoms with van der Waals surface area (Å²) >= 11 is 3.73. The Balaban J connectivity index is 0.489. The van der Waals surface area contributed by atoms with Crippen molar-refractivity contribution in [2.24, 2.45) is 0 Å². The molecule has 0 saturated carbocycles. The van der Waals surface area contributed by atoms with E-state index < -0.39 is 0 Å². The van der Waals surface area contributed by atoms with E-state index in [1.807, 2.05) is 22.7 Å². The second-order valence-electron chi connectivity index (χ2n) is 39.4. The molecular formula is C138H83N7S2. The third-order valence-corrected chi connectivity index (χ3v) is 33.8. The van der Waals surface area contributed by atoms with Crippen molar-refractivity contribution in [1.29, 1.82) is 0 Å². The second kappa shape index (κ2) is 31.8. The monoisotopic (exact) mass is 1900 g/mol. The van der Waals surface area contributed by atoms with Gasteiger partial charge in [-0.2, -0.15) is 0 Å². The number of thiophene rings is 2. The van der Waals surface area contributed by atoms with Crippen molar-refractivity contribution in [2.45, 2.75) is 0 Å². The van der Waals surface area contributed by atoms with Gasteiger partial charge < -0.3 is 32.0 Å². The normalized spacial score (nSPS) is 12.2. The Kier molecular flexibility index (Phi) is 17.7. The van der Waals surface area contributed by atoms with Gasteiger partial charge in [0.1, 0.15) is 0 Å². The molecule has 0 radical (unpaired) electrons. The van der Waals surface area contributed by atoms with Crippen LogP contribution in [-0.2, 0) is 0 Å². The molecule has 0 unspecified atom stereocenters. The van der Waals surface area contributed by atoms with E-state index in [9.17, 15) is 0 Å². The first-order valence-corrected chi connectivity index (χ1v) is 52.1. The molecule has 7 nitrogen and oxygen atoms in total. The molecule has 9 aromatic heterocycles. The van der Waals surface area contributed by atoms with Gasteiger partial charge in [-0.25, -0.2) is 0 Å². The van der Waals surface area contributed by atoms with Gasteiger partial charge in [0.15, 0.2) is 0 Å². The van der Waals surface area contributed by atoms with E-state index in [-0.39, 0.29) is 0 Å². The van der Waals surface area contributed by atoms with Crippen molar-refractivity contribution in [3.05, 3.63) is 504 Å². The molecule has 0 aliphatic carbocycles. The fraction of sp³-hybridized carbons (Fsp3) is 0. The predicted molar refractivity (Wildman–Crippen MR) is 625 cm³/mol. The molecule has 0 saturated heterocycles. The number of rotatable bonds is 13. The van der Waals surface area contributed by atoms with Crippen LogP contribution in [0.3, 0.4) is 0 Å². The standard InChI is InChI=1S/C138H83N7S2/c1-5-23-84(24-6-1)86-52-67-135-117(79-86)118-81-100(55-68-136(118)146-135)143-130-63-48-91(87-44-59-126-109(71-87)104-32-14-19-37-122(104)139(126)96-25-7-2-8-26-96)75-113(130)114-78-94(49-64-131(114)143)90-47-62-129-112(74-90)107-35-17-22-40-125(107)142(129)99-53-41-85(42-54-99)95-43-58-108-103-31-13-18-36-121(103)145(134(108)80-95)102-57-70-138-120(83-102)119-82-101(56-69-137(119)147-138)144-132-65-50-92(88-45-60-127-110(72-88)105-33-15-20-38-123(105)140(127)97-27-9-3-10-28-97)76-115(132)116-77-93(51-66-133(116)144)89-46-61-128-111(73-89)106-34-16-21-39-124(106)141(128)98-29-11-4-12-30-98/h1-83H. The number of para-hydroxylation sites is 8. The lowest BCUT2D eigenvalue weighted by Gasteiger charge is -2.12. The van der Waals surface area contributed by atoms with Crippen LogP contribution < -0.4 is 0 Å². The van der Waals surface area contributed by atoms with Gasteiger partial charge in [-0.05, 0) is 315 Å². The van der Waals surface area contributed by atoms with Crippen LogP contribution in [0, 0.1) is 0 Å². The third-order valence-electron chi connectivity index (χ3n) is 31.5. The molecule has 0 aliphatic rings. The third kappa shape index (κ3) is 12.5. The summed E-state index contributed by atoms with van der Waals surface area (Å²) in [5, 5.41) is 22.1. The highest BCUT2D eigenvalue weighted by Crippen LogP contribution is 2.50. The molecule has 23 aromatic carbocycles. The molecule has 9 heteroatoms. The van der Waals surface area contributed by atoms with Gasteiger partial charge in [0, 0.05) is 156 Å². The summed E-state index contributed by atoms with van der Waals surface area (Å²) in [6, 6.07) is 189. The molecule has 682 valence electrons. The number of aromatic nitrogens is 7. The van der Waals surface area contributed by atoms with E-state index in [4.69, 9.17) is 0 Å². The van der Waals surface area contributed by atoms with Crippen LogP contribution in [0.5, 0.6) is 0 Å². The lowest BCUT2D eigenvalue weighted by molar-refractivity contribution is 1.18. The molecule has 9 heterocycles. The van der Waals surface area contributed by atoms with Gasteiger partial charge in [-0.15, -0.1) is 22.7 Å². The highest BCUT2D eigenvalue weighted by atomic mass is 32.1. The first-order chi connectivity index (χ1) is 72.8. The summed E-state index contributed by atoms with van der Waals surface area (Å²) in [7, 11) is 0. The molecule has 0 N–H and O–H groups in total. The lowest BCUT2D eigenvalue weighted by atomic mass is 9.98. The van der Waals surface area contributed by atoms with Crippen molar-refractivity contribution < 1.29 is 0 Å². The fourth-order valence-electron chi connectivity index (χ4n) is 24.8. The topological polar surface area (TPSA) is 34.5 Å². The minimum Gasteiger partial charge on any atom is -0.309 e. The summed E-state index contributed by atoms with van der Waals surface area (Å²) in [6.07, 6.45) is 0. The molecule has 32 aromatic rings. The molecule has 0 spiro atoms. The Bertz CT molecular complexity index is 11000. The van der Waals surface area contributed by atoms with Crippen molar-refractivity contribution in [1.82, 2.24) is 32.0 Å². The van der Waals surface area contributed by atoms with E-state index in [0.29, 0.717) is 0 Å². The number of nitrogens with zero attached hydrogens (tertiary/aromatic N) is 7. The summed E-state index contributed by atoms with van der Waals surface area (Å²) in [5.74, 6) is 0. The minimum absolute atomic E-state index is 1.10. The minimum atomic E-state index is 1.10. The summed E-state index contributed by atoms with van der Waals surface area (Å²) in [5.41, 5.74) is 38.5. The second-order valence-corrected chi connectivity index (χ2v) is 41.6. The van der Waals surface area contributed by atoms with Crippen LogP contribution in [0.2, 0.25) is 0 Å². The molecule has 147 heavy (non-hydrogen) atoms. The first kappa shape index (κ1) is 81.8. The summed E-state index contributed by atoms with van der Waals surface area (Å²) in [6.45, 7) is 0. The highest BCUT2D eigenvalue weighted by Gasteiger charge is 2.27. The molecule has 0 aliphatic heterocycles. The Morgan fingerprint density at radius 2 is 0.272 bits per heavy atom. The maximum atomic E-state index is 2.51. The smallest absolute Gasteiger partial charge is 0.0547 e. The molecular weight excluding hydrogens is 1820 g/mol. The van der Waals surface area contributed by atoms with Crippen LogP contribution in [0.4, 0.5) is 0 Å². The van der Waals surface area contributed by atoms with Gasteiger partial charge in [0.05, 0.1) is 77.2 Å². The molecule has 0 fully saturated rings. The predicted octanol–water partition coefficient (Wildman–Crippen LogP) is 38.1. The SMILES string of the molecule is c1ccc(-c2ccc3sc4ccc(-n5c6ccc(-c7ccc8c(c7)c7ccccc7n8-c7ccccc7)cc6c6cc(-c7ccc8c(c7)c7ccccc7n8-c7ccc(-c8ccc9c%10ccccc%10n(-c%10ccc%11sc%12ccc(-n%13c%14ccc(-c%15ccc%16c(c%15)c%15ccccc%15n%16-c%15ccccc%15)cc%14c%14cc(-c%15ccc%16c(c%15)c%15ccccc%15n%16-c%15ccccc%15)ccc%14%13)cc%12c%11c%10)c9c8)cc7)ccc65)cc4c3c2)cc1. The van der Waals surface area contributed by atoms with Crippen molar-refractivity contribution in [3.8, 4) is 107 Å². The summed E-state index contributed by atoms with van der Waals surface area (Å²) < 4.78 is 22.2. The largest absolute Gasteiger partial charge is 0.309 e. The Labute approximate surface area is 851 Å². The zero-order valence-corrected chi connectivity index (χ0v) is 81.0. The Morgan fingerprint density at radius 1 is 0.0952 bits per heavy atom. The van der Waals surface area contributed by atoms with Gasteiger partial charge in [0.2, 0.25) is 0 Å². The fourth-order valence-corrected chi connectivity index (χ4v) is 26.9. The maximum absolute atomic E-state index is 2.51. The number of benzene rings is 23. The van der Waals surface area contributed by atoms with Crippen molar-refractivity contribution in [2.75, 3.05) is 0 Å². The van der Waals surface area contributed by atoms with Crippen molar-refractivity contribution in [3.63, 3.8) is 0 Å². The van der Waals surface area contributed by atoms with E-state index in [1.165, 1.54) is 199 Å². The zero-order chi connectivity index (χ0) is 95.9. The van der Waals surface area contributed by atoms with Crippen LogP contribution in [0.15, 0.2) is 504 Å². The van der Waals surface area contributed by atoms with E-state index in [0.717, 1.165) is 101 Å². The van der Waals surface area contributed by atoms with Gasteiger partial charge >= 0.3 is 0 Å². The van der Waals surface area contributed by atoms with Crippen molar-refractivity contribution >= 4 is 216 Å². The highest BCUT2D eigenvalue weighted by molar-refractivity contribution is 7.26. The summed E-state index contributed by atoms with van der Waals surface area (Å²) in [4.78, 5) is 0. The van der Waals surface area contributed by atoms with Gasteiger partial charge in [-0.1, -0.05) is 255 Å². The van der Waals surface area contributed by atoms with Crippen LogP contribution in [0.25, 0.3) is 300 Å². The maximum Gasteiger partial charge on any atom is 0.0547 e. The Hall–Kier alpha value is -18.9. The molecule has 0 atom stereocenters. The van der Waals surface area contributed by atoms with Crippen LogP contribution in [-0.4, -0.2) is 32.0 Å². The quantitative estimate of drug-likeness (QED) is 0.110. The van der Waals surface area contributed by atoms with Crippen LogP contribution in [0.1, 0.15) is 0 Å². The van der Waals surface area contributed by atoms with E-state index in [1.54, 1.807) is 0 Å². The molecule has 0 bridgehead atoms. The molecule has 32 rings (SSSR count). The van der Waals surface area contributed by atoms with Gasteiger partial charge in [-0.3, -0.25) is 0 Å². The zero-order valence-electron chi connectivity index (χ0n) is 79.4. The van der Waals surface area contributed by atoms with E-state index in [2.05, 4.69) is 535 Å². The average molecular weight is 1900 g/mol. The lowest BCUT2D eigenvalue weighted by Crippen LogP contribution is -1.95. The first-order valence-electron chi connectivity index (χ1n) is 50.5. The number of fused-ring (bicyclic) bond motifs is 27. The van der Waals surface area contributed by atoms with E-state index >= 15 is 0 Å². The molecule has 0 amide bonds. The van der Waals surface area contributed by atoms with Gasteiger partial charge in [0.25, 0.3) is 0 Å². The number of hydrogen-bond donors (Lipinski definition) is 0. The van der Waals surface area contributed by atoms with Crippen LogP contribution >= 0.6 is 22.7 Å². The Morgan fingerprint density at radius 3 is 0.585 bits per heavy atom. The average Bonchev–Trinajstić information content (AvgIpc) is 1.35. The number of hydrogen-bond acceptors (Lipinski definition) is 2.